The highest BCUT2D eigenvalue weighted by Gasteiger charge is 2.33. The number of nitrogens with one attached hydrogen (secondary N) is 1. The first-order chi connectivity index (χ1) is 16.2. The summed E-state index contributed by atoms with van der Waals surface area (Å²) in [5, 5.41) is 2.92. The molecule has 2 aliphatic rings. The second-order valence-electron chi connectivity index (χ2n) is 10.1. The molecule has 1 aliphatic carbocycles. The molecule has 1 heterocycles. The van der Waals surface area contributed by atoms with Crippen molar-refractivity contribution in [3.05, 3.63) is 64.0 Å². The summed E-state index contributed by atoms with van der Waals surface area (Å²) in [7, 11) is 0. The van der Waals surface area contributed by atoms with Gasteiger partial charge in [0.25, 0.3) is 5.91 Å². The number of amides is 2. The van der Waals surface area contributed by atoms with Gasteiger partial charge in [0.15, 0.2) is 0 Å². The summed E-state index contributed by atoms with van der Waals surface area (Å²) in [6.07, 6.45) is 4.35. The number of hydrogen-bond donors (Lipinski definition) is 1. The lowest BCUT2D eigenvalue weighted by Crippen LogP contribution is -2.54. The third-order valence-electron chi connectivity index (χ3n) is 7.45. The van der Waals surface area contributed by atoms with Gasteiger partial charge in [0.2, 0.25) is 5.91 Å². The summed E-state index contributed by atoms with van der Waals surface area (Å²) in [6, 6.07) is 8.77. The predicted octanol–water partition coefficient (Wildman–Crippen LogP) is 5.23. The molecule has 6 heteroatoms. The van der Waals surface area contributed by atoms with E-state index in [1.807, 2.05) is 43.9 Å². The normalized spacial score (nSPS) is 19.4. The second-order valence-corrected chi connectivity index (χ2v) is 10.1. The third-order valence-corrected chi connectivity index (χ3v) is 7.45. The van der Waals surface area contributed by atoms with Crippen molar-refractivity contribution in [1.29, 1.82) is 0 Å². The van der Waals surface area contributed by atoms with Crippen molar-refractivity contribution in [1.82, 2.24) is 9.80 Å². The van der Waals surface area contributed by atoms with Crippen LogP contribution in [0.5, 0.6) is 0 Å². The van der Waals surface area contributed by atoms with E-state index >= 15 is 0 Å². The Morgan fingerprint density at radius 1 is 1.06 bits per heavy atom. The largest absolute Gasteiger partial charge is 0.337 e. The molecule has 0 aromatic heterocycles. The Morgan fingerprint density at radius 3 is 2.47 bits per heavy atom. The van der Waals surface area contributed by atoms with Crippen molar-refractivity contribution >= 4 is 17.5 Å². The monoisotopic (exact) mass is 465 g/mol. The fourth-order valence-electron chi connectivity index (χ4n) is 5.44. The highest BCUT2D eigenvalue weighted by atomic mass is 19.1. The van der Waals surface area contributed by atoms with E-state index in [1.54, 1.807) is 6.07 Å². The van der Waals surface area contributed by atoms with Gasteiger partial charge in [-0.05, 0) is 75.4 Å². The molecular formula is C28H36FN3O2. The second kappa shape index (κ2) is 10.3. The highest BCUT2D eigenvalue weighted by molar-refractivity contribution is 6.05. The summed E-state index contributed by atoms with van der Waals surface area (Å²) >= 11 is 0. The first kappa shape index (κ1) is 24.4. The van der Waals surface area contributed by atoms with Crippen molar-refractivity contribution in [2.75, 3.05) is 25.0 Å². The molecule has 1 saturated carbocycles. The zero-order valence-corrected chi connectivity index (χ0v) is 20.8. The van der Waals surface area contributed by atoms with Gasteiger partial charge in [-0.1, -0.05) is 30.5 Å². The zero-order valence-electron chi connectivity index (χ0n) is 20.8. The molecule has 2 aromatic carbocycles. The number of carbonyl (C=O) groups is 2. The fourth-order valence-corrected chi connectivity index (χ4v) is 5.44. The molecule has 34 heavy (non-hydrogen) atoms. The molecule has 0 radical (unpaired) electrons. The van der Waals surface area contributed by atoms with E-state index in [1.165, 1.54) is 6.07 Å². The van der Waals surface area contributed by atoms with E-state index in [9.17, 15) is 14.0 Å². The highest BCUT2D eigenvalue weighted by Crippen LogP contribution is 2.29. The van der Waals surface area contributed by atoms with Gasteiger partial charge < -0.3 is 10.2 Å². The quantitative estimate of drug-likeness (QED) is 0.658. The van der Waals surface area contributed by atoms with Gasteiger partial charge >= 0.3 is 0 Å². The number of halogens is 1. The van der Waals surface area contributed by atoms with Gasteiger partial charge in [-0.3, -0.25) is 14.5 Å². The van der Waals surface area contributed by atoms with Crippen LogP contribution in [0.4, 0.5) is 10.1 Å². The summed E-state index contributed by atoms with van der Waals surface area (Å²) < 4.78 is 14.5. The fraction of sp³-hybridized carbons (Fsp3) is 0.500. The number of anilines is 1. The molecule has 1 N–H and O–H groups in total. The van der Waals surface area contributed by atoms with Crippen molar-refractivity contribution in [3.63, 3.8) is 0 Å². The summed E-state index contributed by atoms with van der Waals surface area (Å²) in [5.41, 5.74) is 4.81. The minimum Gasteiger partial charge on any atom is -0.337 e. The minimum absolute atomic E-state index is 0.138. The number of piperazine rings is 1. The lowest BCUT2D eigenvalue weighted by Gasteiger charge is -2.41. The van der Waals surface area contributed by atoms with Crippen molar-refractivity contribution in [2.24, 2.45) is 5.92 Å². The van der Waals surface area contributed by atoms with Gasteiger partial charge in [-0.2, -0.15) is 0 Å². The third kappa shape index (κ3) is 5.33. The van der Waals surface area contributed by atoms with E-state index in [-0.39, 0.29) is 23.7 Å². The molecule has 4 rings (SSSR count). The minimum atomic E-state index is -0.361. The molecule has 2 fully saturated rings. The van der Waals surface area contributed by atoms with Crippen LogP contribution in [0.15, 0.2) is 30.3 Å². The van der Waals surface area contributed by atoms with Crippen LogP contribution in [0.25, 0.3) is 0 Å². The van der Waals surface area contributed by atoms with E-state index in [4.69, 9.17) is 0 Å². The Labute approximate surface area is 202 Å². The first-order valence-electron chi connectivity index (χ1n) is 12.4. The molecule has 182 valence electrons. The van der Waals surface area contributed by atoms with Crippen LogP contribution in [-0.2, 0) is 11.3 Å². The lowest BCUT2D eigenvalue weighted by molar-refractivity contribution is -0.140. The van der Waals surface area contributed by atoms with Gasteiger partial charge in [-0.15, -0.1) is 0 Å². The Balaban J connectivity index is 1.44. The number of hydrogen-bond acceptors (Lipinski definition) is 3. The maximum absolute atomic E-state index is 14.5. The Hall–Kier alpha value is -2.73. The number of rotatable bonds is 5. The van der Waals surface area contributed by atoms with Gasteiger partial charge in [0.1, 0.15) is 5.82 Å². The average Bonchev–Trinajstić information content (AvgIpc) is 3.31. The molecule has 1 aliphatic heterocycles. The molecule has 5 nitrogen and oxygen atoms in total. The van der Waals surface area contributed by atoms with Crippen LogP contribution in [0.3, 0.4) is 0 Å². The van der Waals surface area contributed by atoms with Crippen LogP contribution < -0.4 is 5.32 Å². The zero-order chi connectivity index (χ0) is 24.4. The summed E-state index contributed by atoms with van der Waals surface area (Å²) in [5.74, 6) is -0.0878. The topological polar surface area (TPSA) is 52.7 Å². The number of aryl methyl sites for hydroxylation is 2. The Kier molecular flexibility index (Phi) is 7.36. The summed E-state index contributed by atoms with van der Waals surface area (Å²) in [4.78, 5) is 30.1. The van der Waals surface area contributed by atoms with Gasteiger partial charge in [0, 0.05) is 49.4 Å². The maximum atomic E-state index is 14.5. The number of benzene rings is 2. The first-order valence-corrected chi connectivity index (χ1v) is 12.4. The van der Waals surface area contributed by atoms with Crippen LogP contribution in [0, 0.1) is 32.5 Å². The molecule has 2 aromatic rings. The van der Waals surface area contributed by atoms with E-state index < -0.39 is 0 Å². The van der Waals surface area contributed by atoms with E-state index in [2.05, 4.69) is 17.1 Å². The standard InChI is InChI=1S/C28H36FN3O2/c1-18-9-10-25(19(2)13-18)27(33)30-26-15-24(29)14-23(21(26)4)17-31-11-12-32(20(3)16-31)28(34)22-7-5-6-8-22/h9-10,13-15,20,22H,5-8,11-12,16-17H2,1-4H3,(H,30,33). The smallest absolute Gasteiger partial charge is 0.255 e. The molecule has 2 amide bonds. The van der Waals surface area contributed by atoms with E-state index in [0.717, 1.165) is 61.0 Å². The molecule has 1 unspecified atom stereocenters. The number of carbonyl (C=O) groups excluding carboxylic acids is 2. The Bertz CT molecular complexity index is 1080. The molecular weight excluding hydrogens is 429 g/mol. The average molecular weight is 466 g/mol. The summed E-state index contributed by atoms with van der Waals surface area (Å²) in [6.45, 7) is 10.8. The van der Waals surface area contributed by atoms with Gasteiger partial charge in [-0.25, -0.2) is 4.39 Å². The van der Waals surface area contributed by atoms with Crippen LogP contribution in [0.1, 0.15) is 65.2 Å². The van der Waals surface area contributed by atoms with Crippen molar-refractivity contribution in [2.45, 2.75) is 66.0 Å². The molecule has 1 atom stereocenters. The lowest BCUT2D eigenvalue weighted by atomic mass is 10.0. The van der Waals surface area contributed by atoms with Crippen LogP contribution in [-0.4, -0.2) is 47.3 Å². The SMILES string of the molecule is Cc1ccc(C(=O)Nc2cc(F)cc(CN3CCN(C(=O)C4CCCC4)C(C)C3)c2C)c(C)c1. The molecule has 1 saturated heterocycles. The van der Waals surface area contributed by atoms with Crippen molar-refractivity contribution < 1.29 is 14.0 Å². The number of nitrogens with zero attached hydrogens (tertiary/aromatic N) is 2. The van der Waals surface area contributed by atoms with Crippen LogP contribution >= 0.6 is 0 Å². The van der Waals surface area contributed by atoms with Gasteiger partial charge in [0.05, 0.1) is 0 Å². The van der Waals surface area contributed by atoms with Crippen molar-refractivity contribution in [3.8, 4) is 0 Å². The van der Waals surface area contributed by atoms with Crippen LogP contribution in [0.2, 0.25) is 0 Å². The maximum Gasteiger partial charge on any atom is 0.255 e. The Morgan fingerprint density at radius 2 is 1.79 bits per heavy atom. The molecule has 0 spiro atoms. The predicted molar refractivity (Wildman–Crippen MR) is 133 cm³/mol. The molecule has 0 bridgehead atoms. The van der Waals surface area contributed by atoms with E-state index in [0.29, 0.717) is 30.2 Å².